The van der Waals surface area contributed by atoms with Crippen LogP contribution in [0.25, 0.3) is 117 Å². The number of hydrogen-bond donors (Lipinski definition) is 0. The van der Waals surface area contributed by atoms with E-state index >= 15 is 0 Å². The van der Waals surface area contributed by atoms with Crippen molar-refractivity contribution >= 4 is 54.6 Å². The van der Waals surface area contributed by atoms with Crippen molar-refractivity contribution < 1.29 is 4.42 Å². The van der Waals surface area contributed by atoms with E-state index in [1.165, 1.54) is 10.8 Å². The van der Waals surface area contributed by atoms with Crippen molar-refractivity contribution in [3.8, 4) is 62.5 Å². The number of rotatable bonds is 6. The highest BCUT2D eigenvalue weighted by atomic mass is 16.3. The summed E-state index contributed by atoms with van der Waals surface area (Å²) in [4.78, 5) is 25.8. The zero-order valence-corrected chi connectivity index (χ0v) is 32.1. The summed E-state index contributed by atoms with van der Waals surface area (Å²) in [6.07, 6.45) is 0. The highest BCUT2D eigenvalue weighted by molar-refractivity contribution is 6.17. The van der Waals surface area contributed by atoms with Gasteiger partial charge in [-0.3, -0.25) is 0 Å². The minimum Gasteiger partial charge on any atom is -0.456 e. The van der Waals surface area contributed by atoms with Crippen molar-refractivity contribution in [1.82, 2.24) is 29.5 Å². The van der Waals surface area contributed by atoms with Gasteiger partial charge in [-0.25, -0.2) is 24.9 Å². The molecular weight excluding hydrogens is 737 g/mol. The molecule has 7 heteroatoms. The molecule has 7 nitrogen and oxygen atoms in total. The lowest BCUT2D eigenvalue weighted by Crippen LogP contribution is -2.00. The molecule has 0 spiro atoms. The summed E-state index contributed by atoms with van der Waals surface area (Å²) >= 11 is 0. The number of nitrogens with zero attached hydrogens (tertiary/aromatic N) is 6. The molecule has 280 valence electrons. The third kappa shape index (κ3) is 5.48. The summed E-state index contributed by atoms with van der Waals surface area (Å²) in [7, 11) is 0. The van der Waals surface area contributed by atoms with Crippen molar-refractivity contribution in [2.24, 2.45) is 0 Å². The summed E-state index contributed by atoms with van der Waals surface area (Å²) in [6, 6.07) is 66.2. The Bertz CT molecular complexity index is 3540. The lowest BCUT2D eigenvalue weighted by atomic mass is 10.00. The molecule has 60 heavy (non-hydrogen) atoms. The molecule has 0 amide bonds. The molecule has 0 N–H and O–H groups in total. The van der Waals surface area contributed by atoms with Crippen LogP contribution in [-0.4, -0.2) is 29.5 Å². The number of fused-ring (bicyclic) bond motifs is 7. The van der Waals surface area contributed by atoms with Crippen LogP contribution >= 0.6 is 0 Å². The second-order valence-electron chi connectivity index (χ2n) is 14.8. The van der Waals surface area contributed by atoms with Crippen LogP contribution in [0.15, 0.2) is 199 Å². The minimum atomic E-state index is 0.549. The normalized spacial score (nSPS) is 11.7. The second-order valence-corrected chi connectivity index (χ2v) is 14.8. The van der Waals surface area contributed by atoms with E-state index in [1.807, 2.05) is 97.1 Å². The lowest BCUT2D eigenvalue weighted by molar-refractivity contribution is 0.669. The molecule has 12 rings (SSSR count). The number of aromatic nitrogens is 6. The molecule has 0 aliphatic rings. The van der Waals surface area contributed by atoms with E-state index in [2.05, 4.69) is 102 Å². The fraction of sp³-hybridized carbons (Fsp3) is 0. The quantitative estimate of drug-likeness (QED) is 0.167. The van der Waals surface area contributed by atoms with Gasteiger partial charge in [0.25, 0.3) is 0 Å². The number of hydrogen-bond acceptors (Lipinski definition) is 6. The molecule has 0 fully saturated rings. The Labute approximate surface area is 343 Å². The summed E-state index contributed by atoms with van der Waals surface area (Å²) in [6.45, 7) is 0. The first-order valence-electron chi connectivity index (χ1n) is 19.9. The smallest absolute Gasteiger partial charge is 0.164 e. The van der Waals surface area contributed by atoms with Crippen LogP contribution in [0.1, 0.15) is 0 Å². The first-order valence-corrected chi connectivity index (χ1v) is 19.9. The predicted octanol–water partition coefficient (Wildman–Crippen LogP) is 13.1. The van der Waals surface area contributed by atoms with Crippen LogP contribution in [0.4, 0.5) is 0 Å². The lowest BCUT2D eigenvalue weighted by Gasteiger charge is -2.12. The van der Waals surface area contributed by atoms with Gasteiger partial charge >= 0.3 is 0 Å². The molecule has 0 saturated heterocycles. The van der Waals surface area contributed by atoms with Gasteiger partial charge in [0.05, 0.1) is 22.2 Å². The monoisotopic (exact) mass is 768 g/mol. The van der Waals surface area contributed by atoms with E-state index in [9.17, 15) is 0 Å². The van der Waals surface area contributed by atoms with Crippen LogP contribution in [-0.2, 0) is 0 Å². The third-order valence-corrected chi connectivity index (χ3v) is 11.3. The molecule has 0 radical (unpaired) electrons. The Morgan fingerprint density at radius 3 is 1.55 bits per heavy atom. The minimum absolute atomic E-state index is 0.549. The van der Waals surface area contributed by atoms with E-state index in [0.29, 0.717) is 23.3 Å². The Morgan fingerprint density at radius 1 is 0.350 bits per heavy atom. The average Bonchev–Trinajstić information content (AvgIpc) is 3.88. The highest BCUT2D eigenvalue weighted by Crippen LogP contribution is 2.42. The van der Waals surface area contributed by atoms with Crippen molar-refractivity contribution in [2.75, 3.05) is 0 Å². The zero-order valence-electron chi connectivity index (χ0n) is 32.1. The van der Waals surface area contributed by atoms with Crippen molar-refractivity contribution in [3.05, 3.63) is 194 Å². The van der Waals surface area contributed by atoms with Gasteiger partial charge < -0.3 is 8.98 Å². The van der Waals surface area contributed by atoms with E-state index in [1.54, 1.807) is 0 Å². The first kappa shape index (κ1) is 33.8. The van der Waals surface area contributed by atoms with Gasteiger partial charge in [-0.05, 0) is 42.5 Å². The van der Waals surface area contributed by atoms with Gasteiger partial charge in [0.2, 0.25) is 0 Å². The van der Waals surface area contributed by atoms with Crippen LogP contribution < -0.4 is 0 Å². The highest BCUT2D eigenvalue weighted by Gasteiger charge is 2.22. The summed E-state index contributed by atoms with van der Waals surface area (Å²) in [5, 5.41) is 5.14. The zero-order chi connectivity index (χ0) is 39.6. The maximum absolute atomic E-state index is 6.61. The van der Waals surface area contributed by atoms with Crippen molar-refractivity contribution in [2.45, 2.75) is 0 Å². The van der Waals surface area contributed by atoms with Gasteiger partial charge in [-0.1, -0.05) is 152 Å². The van der Waals surface area contributed by atoms with Crippen LogP contribution in [0.5, 0.6) is 0 Å². The summed E-state index contributed by atoms with van der Waals surface area (Å²) < 4.78 is 8.95. The Morgan fingerprint density at radius 2 is 0.883 bits per heavy atom. The molecule has 0 bridgehead atoms. The maximum Gasteiger partial charge on any atom is 0.164 e. The van der Waals surface area contributed by atoms with Crippen molar-refractivity contribution in [3.63, 3.8) is 0 Å². The Hall–Kier alpha value is -8.29. The molecule has 0 saturated carbocycles. The molecule has 8 aromatic carbocycles. The van der Waals surface area contributed by atoms with Crippen molar-refractivity contribution in [1.29, 1.82) is 0 Å². The molecule has 0 aliphatic carbocycles. The van der Waals surface area contributed by atoms with E-state index < -0.39 is 0 Å². The van der Waals surface area contributed by atoms with E-state index in [-0.39, 0.29) is 0 Å². The Balaban J connectivity index is 1.09. The van der Waals surface area contributed by atoms with Gasteiger partial charge in [-0.15, -0.1) is 0 Å². The van der Waals surface area contributed by atoms with Crippen LogP contribution in [0.2, 0.25) is 0 Å². The molecule has 0 unspecified atom stereocenters. The number of furan rings is 1. The molecular formula is C53H32N6O. The standard InChI is InChI=1S/C53H32N6O/c1-4-16-33(17-5-1)50-56-51(34-18-6-2-7-19-34)58-53(57-50)41-25-15-29-46-48(41)47-40(24-14-28-45(47)60-46)52-54-42-26-12-10-23-39(42)49(55-52)35-30-31-38-37-22-11-13-27-43(37)59(44(38)32-35)36-20-8-3-9-21-36/h1-32H. The first-order chi connectivity index (χ1) is 29.7. The van der Waals surface area contributed by atoms with E-state index in [4.69, 9.17) is 29.3 Å². The van der Waals surface area contributed by atoms with Gasteiger partial charge in [0, 0.05) is 60.4 Å². The summed E-state index contributed by atoms with van der Waals surface area (Å²) in [5.74, 6) is 2.33. The topological polar surface area (TPSA) is 82.5 Å². The van der Waals surface area contributed by atoms with Gasteiger partial charge in [-0.2, -0.15) is 0 Å². The SMILES string of the molecule is c1ccc(-c2nc(-c3ccccc3)nc(-c3cccc4oc5cccc(-c6nc(-c7ccc8c9ccccc9n(-c9ccccc9)c8c7)c7ccccc7n6)c5c34)n2)cc1. The predicted molar refractivity (Wildman–Crippen MR) is 242 cm³/mol. The molecule has 4 aromatic heterocycles. The van der Waals surface area contributed by atoms with Crippen LogP contribution in [0, 0.1) is 0 Å². The molecule has 4 heterocycles. The fourth-order valence-corrected chi connectivity index (χ4v) is 8.56. The fourth-order valence-electron chi connectivity index (χ4n) is 8.56. The van der Waals surface area contributed by atoms with Gasteiger partial charge in [0.1, 0.15) is 11.2 Å². The second kappa shape index (κ2) is 13.7. The molecule has 0 atom stereocenters. The number of para-hydroxylation sites is 3. The third-order valence-electron chi connectivity index (χ3n) is 11.3. The van der Waals surface area contributed by atoms with E-state index in [0.717, 1.165) is 83.1 Å². The number of benzene rings is 8. The molecule has 0 aliphatic heterocycles. The maximum atomic E-state index is 6.61. The average molecular weight is 769 g/mol. The largest absolute Gasteiger partial charge is 0.456 e. The van der Waals surface area contributed by atoms with Gasteiger partial charge in [0.15, 0.2) is 23.3 Å². The van der Waals surface area contributed by atoms with Crippen LogP contribution in [0.3, 0.4) is 0 Å². The Kier molecular flexibility index (Phi) is 7.71. The summed E-state index contributed by atoms with van der Waals surface area (Å²) in [5.41, 5.74) is 11.0. The molecule has 12 aromatic rings.